The second-order valence-corrected chi connectivity index (χ2v) is 14.5. The number of hydrogen-bond acceptors (Lipinski definition) is 9. The van der Waals surface area contributed by atoms with Crippen molar-refractivity contribution in [2.24, 2.45) is 5.73 Å². The highest BCUT2D eigenvalue weighted by atomic mass is 31.2. The predicted octanol–water partition coefficient (Wildman–Crippen LogP) is 9.50. The van der Waals surface area contributed by atoms with Gasteiger partial charge in [0.05, 0.1) is 13.2 Å². The van der Waals surface area contributed by atoms with Crippen molar-refractivity contribution in [2.45, 2.75) is 180 Å². The maximum absolute atomic E-state index is 12.6. The highest BCUT2D eigenvalue weighted by molar-refractivity contribution is 7.47. The Morgan fingerprint density at radius 1 is 0.600 bits per heavy atom. The van der Waals surface area contributed by atoms with Crippen molar-refractivity contribution < 1.29 is 47.5 Å². The van der Waals surface area contributed by atoms with Crippen LogP contribution in [0.15, 0.2) is 24.3 Å². The molecule has 50 heavy (non-hydrogen) atoms. The number of hydrogen-bond donors (Lipinski definition) is 3. The molecule has 11 nitrogen and oxygen atoms in total. The van der Waals surface area contributed by atoms with Crippen molar-refractivity contribution in [3.8, 4) is 0 Å². The minimum Gasteiger partial charge on any atom is -0.480 e. The molecule has 0 amide bonds. The lowest BCUT2D eigenvalue weighted by Gasteiger charge is -2.20. The highest BCUT2D eigenvalue weighted by Crippen LogP contribution is 2.43. The molecule has 3 atom stereocenters. The van der Waals surface area contributed by atoms with Gasteiger partial charge in [-0.25, -0.2) is 4.57 Å². The molecule has 12 heteroatoms. The number of carbonyl (C=O) groups is 3. The second kappa shape index (κ2) is 34.1. The lowest BCUT2D eigenvalue weighted by atomic mass is 10.1. The van der Waals surface area contributed by atoms with E-state index < -0.39 is 51.1 Å². The molecule has 0 fully saturated rings. The van der Waals surface area contributed by atoms with Gasteiger partial charge in [-0.3, -0.25) is 23.4 Å². The lowest BCUT2D eigenvalue weighted by Crippen LogP contribution is -2.34. The van der Waals surface area contributed by atoms with E-state index in [-0.39, 0.29) is 19.4 Å². The summed E-state index contributed by atoms with van der Waals surface area (Å²) in [6, 6.07) is -1.52. The Balaban J connectivity index is 4.45. The number of allylic oxidation sites excluding steroid dienone is 4. The standard InChI is InChI=1S/C38H70NO10P/c1-3-5-7-9-11-13-15-16-17-18-20-22-24-26-28-30-37(41)49-34(32-47-50(44,45)48-33-35(39)38(42)43)31-46-36(40)29-27-25-23-21-19-14-12-10-8-6-4-2/h10,12,16-17,34-35H,3-9,11,13-15,18-33,39H2,1-2H3,(H,42,43)(H,44,45)/t34-,35+/m1/s1. The predicted molar refractivity (Wildman–Crippen MR) is 199 cm³/mol. The van der Waals surface area contributed by atoms with Crippen molar-refractivity contribution in [3.05, 3.63) is 24.3 Å². The number of aliphatic carboxylic acids is 1. The molecule has 0 bridgehead atoms. The van der Waals surface area contributed by atoms with E-state index in [1.54, 1.807) is 0 Å². The lowest BCUT2D eigenvalue weighted by molar-refractivity contribution is -0.161. The molecule has 1 unspecified atom stereocenters. The van der Waals surface area contributed by atoms with Gasteiger partial charge < -0.3 is 25.2 Å². The number of phosphoric ester groups is 1. The first-order valence-electron chi connectivity index (χ1n) is 19.4. The molecule has 4 N–H and O–H groups in total. The van der Waals surface area contributed by atoms with Crippen LogP contribution in [0, 0.1) is 0 Å². The van der Waals surface area contributed by atoms with Crippen LogP contribution in [0.5, 0.6) is 0 Å². The van der Waals surface area contributed by atoms with E-state index in [2.05, 4.69) is 42.7 Å². The number of ether oxygens (including phenoxy) is 2. The highest BCUT2D eigenvalue weighted by Gasteiger charge is 2.28. The third-order valence-electron chi connectivity index (χ3n) is 8.17. The van der Waals surface area contributed by atoms with E-state index in [1.807, 2.05) is 0 Å². The number of phosphoric acid groups is 1. The Kier molecular flexibility index (Phi) is 32.7. The summed E-state index contributed by atoms with van der Waals surface area (Å²) in [5, 5.41) is 8.85. The van der Waals surface area contributed by atoms with Gasteiger partial charge in [0.25, 0.3) is 0 Å². The average Bonchev–Trinajstić information content (AvgIpc) is 3.09. The summed E-state index contributed by atoms with van der Waals surface area (Å²) in [6.07, 6.45) is 32.5. The Labute approximate surface area is 302 Å². The van der Waals surface area contributed by atoms with E-state index in [0.717, 1.165) is 77.0 Å². The molecular weight excluding hydrogens is 661 g/mol. The summed E-state index contributed by atoms with van der Waals surface area (Å²) in [5.41, 5.74) is 5.31. The topological polar surface area (TPSA) is 172 Å². The fourth-order valence-electron chi connectivity index (χ4n) is 5.04. The summed E-state index contributed by atoms with van der Waals surface area (Å²) in [4.78, 5) is 45.7. The van der Waals surface area contributed by atoms with Crippen molar-refractivity contribution >= 4 is 25.7 Å². The smallest absolute Gasteiger partial charge is 0.472 e. The first-order valence-corrected chi connectivity index (χ1v) is 20.9. The number of carbonyl (C=O) groups excluding carboxylic acids is 2. The first kappa shape index (κ1) is 48.0. The van der Waals surface area contributed by atoms with Gasteiger partial charge >= 0.3 is 25.7 Å². The van der Waals surface area contributed by atoms with Gasteiger partial charge in [0.15, 0.2) is 6.10 Å². The summed E-state index contributed by atoms with van der Waals surface area (Å²) in [6.45, 7) is 2.72. The van der Waals surface area contributed by atoms with Gasteiger partial charge in [-0.05, 0) is 57.8 Å². The van der Waals surface area contributed by atoms with E-state index in [1.165, 1.54) is 51.4 Å². The maximum atomic E-state index is 12.6. The van der Waals surface area contributed by atoms with Gasteiger partial charge in [-0.2, -0.15) is 0 Å². The van der Waals surface area contributed by atoms with E-state index in [0.29, 0.717) is 12.8 Å². The second-order valence-electron chi connectivity index (χ2n) is 13.1. The summed E-state index contributed by atoms with van der Waals surface area (Å²) in [7, 11) is -4.71. The summed E-state index contributed by atoms with van der Waals surface area (Å²) >= 11 is 0. The SMILES string of the molecule is CCCCC=CCCCCCCCC(=O)OC[C@H](COP(=O)(O)OC[C@H](N)C(=O)O)OC(=O)CCCCCCCC=CCCCCCCCC. The molecule has 0 rings (SSSR count). The van der Waals surface area contributed by atoms with Crippen LogP contribution in [0.3, 0.4) is 0 Å². The zero-order chi connectivity index (χ0) is 37.1. The van der Waals surface area contributed by atoms with Crippen LogP contribution < -0.4 is 5.73 Å². The van der Waals surface area contributed by atoms with Crippen molar-refractivity contribution in [1.29, 1.82) is 0 Å². The van der Waals surface area contributed by atoms with Gasteiger partial charge in [0.1, 0.15) is 12.6 Å². The van der Waals surface area contributed by atoms with Crippen molar-refractivity contribution in [3.63, 3.8) is 0 Å². The molecule has 292 valence electrons. The van der Waals surface area contributed by atoms with Crippen LogP contribution in [0.4, 0.5) is 0 Å². The van der Waals surface area contributed by atoms with Crippen LogP contribution >= 0.6 is 7.82 Å². The molecule has 0 saturated carbocycles. The van der Waals surface area contributed by atoms with Crippen LogP contribution in [0.2, 0.25) is 0 Å². The molecule has 0 heterocycles. The molecular formula is C38H70NO10P. The summed E-state index contributed by atoms with van der Waals surface area (Å²) < 4.78 is 32.5. The number of nitrogens with two attached hydrogens (primary N) is 1. The number of carboxylic acids is 1. The molecule has 0 aromatic heterocycles. The molecule has 0 saturated heterocycles. The van der Waals surface area contributed by atoms with Crippen LogP contribution in [0.25, 0.3) is 0 Å². The van der Waals surface area contributed by atoms with Gasteiger partial charge in [-0.15, -0.1) is 0 Å². The molecule has 0 radical (unpaired) electrons. The fraction of sp³-hybridized carbons (Fsp3) is 0.816. The molecule has 0 aromatic carbocycles. The van der Waals surface area contributed by atoms with E-state index in [9.17, 15) is 23.8 Å². The first-order chi connectivity index (χ1) is 24.1. The Morgan fingerprint density at radius 2 is 1.02 bits per heavy atom. The van der Waals surface area contributed by atoms with Crippen molar-refractivity contribution in [2.75, 3.05) is 19.8 Å². The minimum atomic E-state index is -4.71. The average molecular weight is 732 g/mol. The number of carboxylic acid groups (broad SMARTS) is 1. The van der Waals surface area contributed by atoms with Crippen LogP contribution in [-0.2, 0) is 37.5 Å². The third-order valence-corrected chi connectivity index (χ3v) is 9.12. The molecule has 0 spiro atoms. The fourth-order valence-corrected chi connectivity index (χ4v) is 5.82. The number of rotatable bonds is 36. The van der Waals surface area contributed by atoms with Gasteiger partial charge in [0.2, 0.25) is 0 Å². The van der Waals surface area contributed by atoms with E-state index in [4.69, 9.17) is 24.8 Å². The quantitative estimate of drug-likeness (QED) is 0.0242. The zero-order valence-electron chi connectivity index (χ0n) is 31.2. The van der Waals surface area contributed by atoms with Gasteiger partial charge in [-0.1, -0.05) is 122 Å². The maximum Gasteiger partial charge on any atom is 0.472 e. The minimum absolute atomic E-state index is 0.151. The summed E-state index contributed by atoms with van der Waals surface area (Å²) in [5.74, 6) is -2.40. The Bertz CT molecular complexity index is 958. The van der Waals surface area contributed by atoms with Crippen LogP contribution in [0.1, 0.15) is 168 Å². The molecule has 0 aliphatic rings. The normalized spacial score (nSPS) is 14.2. The number of unbranched alkanes of at least 4 members (excludes halogenated alkanes) is 18. The molecule has 0 aliphatic carbocycles. The van der Waals surface area contributed by atoms with Crippen LogP contribution in [-0.4, -0.2) is 59.9 Å². The largest absolute Gasteiger partial charge is 0.480 e. The third kappa shape index (κ3) is 33.1. The number of esters is 2. The monoisotopic (exact) mass is 731 g/mol. The molecule has 0 aliphatic heterocycles. The molecule has 0 aromatic rings. The van der Waals surface area contributed by atoms with Gasteiger partial charge in [0, 0.05) is 12.8 Å². The van der Waals surface area contributed by atoms with E-state index >= 15 is 0 Å². The van der Waals surface area contributed by atoms with Crippen molar-refractivity contribution in [1.82, 2.24) is 0 Å². The zero-order valence-corrected chi connectivity index (χ0v) is 32.1. The Morgan fingerprint density at radius 3 is 1.52 bits per heavy atom. The Hall–Kier alpha value is -2.04.